The van der Waals surface area contributed by atoms with Gasteiger partial charge in [0, 0.05) is 0 Å². The van der Waals surface area contributed by atoms with Gasteiger partial charge >= 0.3 is 5.97 Å². The first-order valence-electron chi connectivity index (χ1n) is 8.68. The highest BCUT2D eigenvalue weighted by Gasteiger charge is 2.24. The lowest BCUT2D eigenvalue weighted by Gasteiger charge is -2.16. The fourth-order valence-corrected chi connectivity index (χ4v) is 3.34. The predicted octanol–water partition coefficient (Wildman–Crippen LogP) is 4.34. The molecule has 1 aliphatic rings. The molecule has 0 radical (unpaired) electrons. The van der Waals surface area contributed by atoms with Gasteiger partial charge in [-0.25, -0.2) is 0 Å². The molecule has 3 rings (SSSR count). The minimum absolute atomic E-state index is 0.00314. The molecular formula is C22H22O4. The van der Waals surface area contributed by atoms with Gasteiger partial charge < -0.3 is 14.6 Å². The van der Waals surface area contributed by atoms with Gasteiger partial charge in [0.15, 0.2) is 0 Å². The summed E-state index contributed by atoms with van der Waals surface area (Å²) in [7, 11) is 1.66. The summed E-state index contributed by atoms with van der Waals surface area (Å²) in [6, 6.07) is 13.7. The lowest BCUT2D eigenvalue weighted by atomic mass is 9.96. The average molecular weight is 350 g/mol. The van der Waals surface area contributed by atoms with Crippen LogP contribution in [0.3, 0.4) is 0 Å². The third-order valence-electron chi connectivity index (χ3n) is 4.63. The van der Waals surface area contributed by atoms with Crippen molar-refractivity contribution >= 4 is 5.97 Å². The largest absolute Gasteiger partial charge is 0.497 e. The summed E-state index contributed by atoms with van der Waals surface area (Å²) in [4.78, 5) is 11.0. The first-order valence-corrected chi connectivity index (χ1v) is 8.68. The van der Waals surface area contributed by atoms with Crippen molar-refractivity contribution in [3.05, 3.63) is 59.2 Å². The minimum Gasteiger partial charge on any atom is -0.497 e. The Balaban J connectivity index is 1.74. The van der Waals surface area contributed by atoms with E-state index in [0.29, 0.717) is 0 Å². The van der Waals surface area contributed by atoms with Crippen LogP contribution in [0.2, 0.25) is 0 Å². The molecule has 2 aromatic rings. The number of carboxylic acids is 1. The zero-order valence-corrected chi connectivity index (χ0v) is 15.0. The molecule has 0 saturated carbocycles. The predicted molar refractivity (Wildman–Crippen MR) is 99.6 cm³/mol. The first kappa shape index (κ1) is 17.9. The van der Waals surface area contributed by atoms with E-state index in [9.17, 15) is 4.79 Å². The highest BCUT2D eigenvalue weighted by atomic mass is 16.5. The number of aryl methyl sites for hydroxylation is 1. The van der Waals surface area contributed by atoms with Crippen LogP contribution in [-0.2, 0) is 11.2 Å². The Hall–Kier alpha value is -2.93. The van der Waals surface area contributed by atoms with Gasteiger partial charge in [-0.3, -0.25) is 4.79 Å². The summed E-state index contributed by atoms with van der Waals surface area (Å²) >= 11 is 0. The summed E-state index contributed by atoms with van der Waals surface area (Å²) in [6.45, 7) is 1.72. The van der Waals surface area contributed by atoms with Crippen LogP contribution in [0.25, 0.3) is 0 Å². The van der Waals surface area contributed by atoms with Gasteiger partial charge in [0.25, 0.3) is 0 Å². The van der Waals surface area contributed by atoms with Crippen LogP contribution >= 0.6 is 0 Å². The number of carboxylic acid groups (broad SMARTS) is 1. The molecule has 0 fully saturated rings. The number of aliphatic carboxylic acids is 1. The third-order valence-corrected chi connectivity index (χ3v) is 4.63. The Labute approximate surface area is 153 Å². The van der Waals surface area contributed by atoms with Crippen LogP contribution in [0, 0.1) is 11.8 Å². The molecule has 1 unspecified atom stereocenters. The number of rotatable bonds is 6. The zero-order chi connectivity index (χ0) is 18.5. The van der Waals surface area contributed by atoms with E-state index in [4.69, 9.17) is 14.6 Å². The van der Waals surface area contributed by atoms with Crippen molar-refractivity contribution in [3.63, 3.8) is 0 Å². The molecule has 1 N–H and O–H groups in total. The van der Waals surface area contributed by atoms with E-state index in [1.54, 1.807) is 14.0 Å². The maximum atomic E-state index is 11.0. The second-order valence-corrected chi connectivity index (χ2v) is 6.32. The van der Waals surface area contributed by atoms with E-state index < -0.39 is 5.97 Å². The molecule has 26 heavy (non-hydrogen) atoms. The van der Waals surface area contributed by atoms with Crippen molar-refractivity contribution in [1.29, 1.82) is 0 Å². The van der Waals surface area contributed by atoms with Crippen molar-refractivity contribution in [1.82, 2.24) is 0 Å². The van der Waals surface area contributed by atoms with Gasteiger partial charge in [0.2, 0.25) is 0 Å². The minimum atomic E-state index is -0.852. The summed E-state index contributed by atoms with van der Waals surface area (Å²) in [5.41, 5.74) is 3.36. The standard InChI is InChI=1S/C22H22O4/c1-3-4-17(13-22(23)24)15-5-9-18(10-6-15)26-21-12-8-16-7-11-19(25-2)14-20(16)21/h5-7,9-11,14,17,21H,8,12-13H2,1-2H3,(H,23,24)/t17-,21?/m0/s1. The second kappa shape index (κ2) is 7.97. The monoisotopic (exact) mass is 350 g/mol. The summed E-state index contributed by atoms with van der Waals surface area (Å²) in [6.07, 6.45) is 1.94. The Morgan fingerprint density at radius 2 is 1.96 bits per heavy atom. The Morgan fingerprint density at radius 3 is 2.62 bits per heavy atom. The fraction of sp³-hybridized carbons (Fsp3) is 0.318. The molecule has 0 heterocycles. The molecule has 1 aliphatic carbocycles. The highest BCUT2D eigenvalue weighted by Crippen LogP contribution is 2.37. The van der Waals surface area contributed by atoms with E-state index in [0.717, 1.165) is 29.9 Å². The topological polar surface area (TPSA) is 55.8 Å². The molecule has 4 heteroatoms. The Kier molecular flexibility index (Phi) is 5.48. The van der Waals surface area contributed by atoms with Gasteiger partial charge in [-0.05, 0) is 60.7 Å². The maximum Gasteiger partial charge on any atom is 0.304 e. The van der Waals surface area contributed by atoms with Crippen LogP contribution in [0.4, 0.5) is 0 Å². The molecular weight excluding hydrogens is 328 g/mol. The molecule has 134 valence electrons. The molecule has 0 spiro atoms. The third kappa shape index (κ3) is 4.00. The van der Waals surface area contributed by atoms with Gasteiger partial charge in [-0.15, -0.1) is 5.92 Å². The van der Waals surface area contributed by atoms with Gasteiger partial charge in [0.05, 0.1) is 19.4 Å². The second-order valence-electron chi connectivity index (χ2n) is 6.32. The van der Waals surface area contributed by atoms with Gasteiger partial charge in [-0.2, -0.15) is 0 Å². The van der Waals surface area contributed by atoms with E-state index >= 15 is 0 Å². The number of carbonyl (C=O) groups is 1. The number of benzene rings is 2. The Morgan fingerprint density at radius 1 is 1.23 bits per heavy atom. The van der Waals surface area contributed by atoms with E-state index in [-0.39, 0.29) is 18.4 Å². The van der Waals surface area contributed by atoms with Crippen LogP contribution in [0.15, 0.2) is 42.5 Å². The van der Waals surface area contributed by atoms with Crippen molar-refractivity contribution in [2.45, 2.75) is 38.2 Å². The normalized spacial score (nSPS) is 16.2. The van der Waals surface area contributed by atoms with Crippen LogP contribution < -0.4 is 9.47 Å². The van der Waals surface area contributed by atoms with Crippen LogP contribution in [0.5, 0.6) is 11.5 Å². The summed E-state index contributed by atoms with van der Waals surface area (Å²) < 4.78 is 11.5. The number of fused-ring (bicyclic) bond motifs is 1. The maximum absolute atomic E-state index is 11.0. The van der Waals surface area contributed by atoms with Crippen molar-refractivity contribution < 1.29 is 19.4 Å². The van der Waals surface area contributed by atoms with Crippen molar-refractivity contribution in [2.24, 2.45) is 0 Å². The average Bonchev–Trinajstić information content (AvgIpc) is 3.03. The smallest absolute Gasteiger partial charge is 0.304 e. The number of methoxy groups -OCH3 is 1. The SMILES string of the molecule is CC#C[C@@H](CC(=O)O)c1ccc(OC2CCc3ccc(OC)cc32)cc1. The highest BCUT2D eigenvalue weighted by molar-refractivity contribution is 5.69. The van der Waals surface area contributed by atoms with E-state index in [1.807, 2.05) is 36.4 Å². The molecule has 2 atom stereocenters. The molecule has 0 aliphatic heterocycles. The van der Waals surface area contributed by atoms with Gasteiger partial charge in [0.1, 0.15) is 17.6 Å². The molecule has 2 aromatic carbocycles. The number of hydrogen-bond donors (Lipinski definition) is 1. The van der Waals surface area contributed by atoms with Crippen LogP contribution in [0.1, 0.15) is 48.5 Å². The first-order chi connectivity index (χ1) is 12.6. The fourth-order valence-electron chi connectivity index (χ4n) is 3.34. The number of ether oxygens (including phenoxy) is 2. The molecule has 4 nitrogen and oxygen atoms in total. The lowest BCUT2D eigenvalue weighted by molar-refractivity contribution is -0.137. The number of hydrogen-bond acceptors (Lipinski definition) is 3. The summed E-state index contributed by atoms with van der Waals surface area (Å²) in [5, 5.41) is 9.05. The zero-order valence-electron chi connectivity index (χ0n) is 15.0. The van der Waals surface area contributed by atoms with Crippen LogP contribution in [-0.4, -0.2) is 18.2 Å². The van der Waals surface area contributed by atoms with Gasteiger partial charge in [-0.1, -0.05) is 24.1 Å². The Bertz CT molecular complexity index is 843. The molecule has 0 amide bonds. The van der Waals surface area contributed by atoms with Crippen molar-refractivity contribution in [3.8, 4) is 23.3 Å². The quantitative estimate of drug-likeness (QED) is 0.787. The van der Waals surface area contributed by atoms with E-state index in [1.165, 1.54) is 11.1 Å². The van der Waals surface area contributed by atoms with E-state index in [2.05, 4.69) is 17.9 Å². The lowest BCUT2D eigenvalue weighted by Crippen LogP contribution is -2.06. The molecule has 0 aromatic heterocycles. The van der Waals surface area contributed by atoms with Crippen molar-refractivity contribution in [2.75, 3.05) is 7.11 Å². The molecule has 0 saturated heterocycles. The molecule has 0 bridgehead atoms. The summed E-state index contributed by atoms with van der Waals surface area (Å²) in [5.74, 6) is 6.23.